The highest BCUT2D eigenvalue weighted by molar-refractivity contribution is 14.1. The summed E-state index contributed by atoms with van der Waals surface area (Å²) in [6.45, 7) is 0. The topological polar surface area (TPSA) is 0 Å². The summed E-state index contributed by atoms with van der Waals surface area (Å²) in [7, 11) is 0. The second-order valence-corrected chi connectivity index (χ2v) is 5.51. The minimum Gasteiger partial charge on any atom is -0.0606 e. The maximum absolute atomic E-state index is 2.34. The van der Waals surface area contributed by atoms with E-state index >= 15 is 0 Å². The van der Waals surface area contributed by atoms with E-state index in [1.165, 1.54) is 18.3 Å². The Bertz CT molecular complexity index is 406. The van der Waals surface area contributed by atoms with Crippen LogP contribution in [0.5, 0.6) is 0 Å². The molecule has 0 spiro atoms. The van der Waals surface area contributed by atoms with E-state index < -0.39 is 0 Å². The van der Waals surface area contributed by atoms with Gasteiger partial charge in [0.05, 0.1) is 0 Å². The molecule has 2 aromatic rings. The predicted molar refractivity (Wildman–Crippen MR) is 77.3 cm³/mol. The highest BCUT2D eigenvalue weighted by Gasteiger charge is 1.97. The van der Waals surface area contributed by atoms with E-state index in [1.807, 2.05) is 0 Å². The van der Waals surface area contributed by atoms with Crippen LogP contribution in [0.15, 0.2) is 48.5 Å². The molecule has 0 atom stereocenters. The van der Waals surface area contributed by atoms with Gasteiger partial charge in [0.15, 0.2) is 0 Å². The molecule has 0 radical (unpaired) electrons. The summed E-state index contributed by atoms with van der Waals surface area (Å²) in [5.74, 6) is 0. The number of rotatable bonds is 1. The van der Waals surface area contributed by atoms with E-state index in [1.54, 1.807) is 0 Å². The summed E-state index contributed by atoms with van der Waals surface area (Å²) >= 11 is 4.68. The third-order valence-corrected chi connectivity index (χ3v) is 3.32. The summed E-state index contributed by atoms with van der Waals surface area (Å²) in [4.78, 5) is 0. The van der Waals surface area contributed by atoms with Crippen molar-refractivity contribution in [1.29, 1.82) is 0 Å². The maximum Gasteiger partial charge on any atom is 0.0136 e. The van der Waals surface area contributed by atoms with E-state index in [-0.39, 0.29) is 0 Å². The first kappa shape index (κ1) is 10.4. The molecule has 0 nitrogen and oxygen atoms in total. The lowest BCUT2D eigenvalue weighted by atomic mass is 10.1. The fraction of sp³-hybridized carbons (Fsp3) is 0. The molecule has 0 aromatic heterocycles. The summed E-state index contributed by atoms with van der Waals surface area (Å²) in [5.41, 5.74) is 2.57. The van der Waals surface area contributed by atoms with E-state index in [4.69, 9.17) is 0 Å². The third-order valence-electron chi connectivity index (χ3n) is 1.98. The second-order valence-electron chi connectivity index (χ2n) is 3.02. The molecule has 0 saturated carbocycles. The van der Waals surface area contributed by atoms with Crippen molar-refractivity contribution in [2.24, 2.45) is 0 Å². The maximum atomic E-state index is 2.34. The van der Waals surface area contributed by atoms with Crippen molar-refractivity contribution >= 4 is 45.2 Å². The molecular formula is C12H8I2. The first-order valence-corrected chi connectivity index (χ1v) is 6.43. The fourth-order valence-corrected chi connectivity index (χ4v) is 2.42. The van der Waals surface area contributed by atoms with Crippen molar-refractivity contribution in [2.45, 2.75) is 0 Å². The van der Waals surface area contributed by atoms with Crippen LogP contribution >= 0.6 is 45.2 Å². The largest absolute Gasteiger partial charge is 0.0606 e. The summed E-state index contributed by atoms with van der Waals surface area (Å²) in [6.07, 6.45) is 0. The molecule has 0 fully saturated rings. The predicted octanol–water partition coefficient (Wildman–Crippen LogP) is 4.56. The lowest BCUT2D eigenvalue weighted by molar-refractivity contribution is 1.57. The van der Waals surface area contributed by atoms with Crippen molar-refractivity contribution in [1.82, 2.24) is 0 Å². The minimum absolute atomic E-state index is 1.28. The second kappa shape index (κ2) is 4.61. The Morgan fingerprint density at radius 1 is 0.643 bits per heavy atom. The van der Waals surface area contributed by atoms with Gasteiger partial charge in [0, 0.05) is 7.14 Å². The van der Waals surface area contributed by atoms with Crippen molar-refractivity contribution in [2.75, 3.05) is 0 Å². The van der Waals surface area contributed by atoms with Crippen molar-refractivity contribution in [3.05, 3.63) is 55.7 Å². The van der Waals surface area contributed by atoms with Crippen molar-refractivity contribution in [3.63, 3.8) is 0 Å². The zero-order valence-corrected chi connectivity index (χ0v) is 11.7. The molecule has 0 aliphatic carbocycles. The molecule has 14 heavy (non-hydrogen) atoms. The molecule has 0 aliphatic heterocycles. The van der Waals surface area contributed by atoms with Gasteiger partial charge >= 0.3 is 0 Å². The van der Waals surface area contributed by atoms with E-state index in [2.05, 4.69) is 93.7 Å². The number of halogens is 2. The highest BCUT2D eigenvalue weighted by atomic mass is 127. The Labute approximate surface area is 111 Å². The first-order valence-electron chi connectivity index (χ1n) is 4.27. The standard InChI is InChI=1S/C12H8I2/c13-11-5-1-3-9(7-11)10-4-2-6-12(14)8-10/h1-8H. The van der Waals surface area contributed by atoms with Crippen LogP contribution in [0.3, 0.4) is 0 Å². The molecule has 0 saturated heterocycles. The van der Waals surface area contributed by atoms with Gasteiger partial charge in [-0.3, -0.25) is 0 Å². The Morgan fingerprint density at radius 2 is 1.07 bits per heavy atom. The van der Waals surface area contributed by atoms with Gasteiger partial charge < -0.3 is 0 Å². The van der Waals surface area contributed by atoms with Crippen LogP contribution in [-0.4, -0.2) is 0 Å². The Hall–Kier alpha value is -0.100. The zero-order valence-electron chi connectivity index (χ0n) is 7.37. The molecule has 0 N–H and O–H groups in total. The molecule has 70 valence electrons. The summed E-state index contributed by atoms with van der Waals surface area (Å²) < 4.78 is 2.55. The zero-order chi connectivity index (χ0) is 9.97. The van der Waals surface area contributed by atoms with Crippen molar-refractivity contribution < 1.29 is 0 Å². The first-order chi connectivity index (χ1) is 6.75. The van der Waals surface area contributed by atoms with Crippen LogP contribution in [0, 0.1) is 7.14 Å². The average molecular weight is 406 g/mol. The third kappa shape index (κ3) is 2.48. The summed E-state index contributed by atoms with van der Waals surface area (Å²) in [6, 6.07) is 17.1. The molecule has 0 bridgehead atoms. The minimum atomic E-state index is 1.28. The Balaban J connectivity index is 2.49. The Kier molecular flexibility index (Phi) is 3.43. The smallest absolute Gasteiger partial charge is 0.0136 e. The molecule has 2 heteroatoms. The van der Waals surface area contributed by atoms with Crippen LogP contribution < -0.4 is 0 Å². The van der Waals surface area contributed by atoms with Gasteiger partial charge in [-0.2, -0.15) is 0 Å². The highest BCUT2D eigenvalue weighted by Crippen LogP contribution is 2.22. The lowest BCUT2D eigenvalue weighted by Crippen LogP contribution is -1.79. The molecule has 0 heterocycles. The number of benzene rings is 2. The van der Waals surface area contributed by atoms with Gasteiger partial charge in [-0.05, 0) is 80.6 Å². The normalized spacial score (nSPS) is 10.1. The van der Waals surface area contributed by atoms with Gasteiger partial charge in [-0.1, -0.05) is 24.3 Å². The number of hydrogen-bond acceptors (Lipinski definition) is 0. The van der Waals surface area contributed by atoms with Crippen LogP contribution in [0.1, 0.15) is 0 Å². The van der Waals surface area contributed by atoms with E-state index in [0.29, 0.717) is 0 Å². The van der Waals surface area contributed by atoms with Gasteiger partial charge in [0.25, 0.3) is 0 Å². The van der Waals surface area contributed by atoms with Gasteiger partial charge in [0.2, 0.25) is 0 Å². The summed E-state index contributed by atoms with van der Waals surface area (Å²) in [5, 5.41) is 0. The van der Waals surface area contributed by atoms with E-state index in [0.717, 1.165) is 0 Å². The number of hydrogen-bond donors (Lipinski definition) is 0. The average Bonchev–Trinajstić information content (AvgIpc) is 2.18. The molecular weight excluding hydrogens is 398 g/mol. The Morgan fingerprint density at radius 3 is 1.43 bits per heavy atom. The van der Waals surface area contributed by atoms with Crippen LogP contribution in [0.4, 0.5) is 0 Å². The molecule has 0 aliphatic rings. The molecule has 2 aromatic carbocycles. The molecule has 0 amide bonds. The van der Waals surface area contributed by atoms with Crippen LogP contribution in [-0.2, 0) is 0 Å². The van der Waals surface area contributed by atoms with Crippen LogP contribution in [0.2, 0.25) is 0 Å². The van der Waals surface area contributed by atoms with Gasteiger partial charge in [-0.25, -0.2) is 0 Å². The molecule has 2 rings (SSSR count). The van der Waals surface area contributed by atoms with Gasteiger partial charge in [-0.15, -0.1) is 0 Å². The van der Waals surface area contributed by atoms with Gasteiger partial charge in [0.1, 0.15) is 0 Å². The monoisotopic (exact) mass is 406 g/mol. The van der Waals surface area contributed by atoms with Crippen LogP contribution in [0.25, 0.3) is 11.1 Å². The fourth-order valence-electron chi connectivity index (χ4n) is 1.34. The lowest BCUT2D eigenvalue weighted by Gasteiger charge is -2.02. The molecule has 0 unspecified atom stereocenters. The van der Waals surface area contributed by atoms with E-state index in [9.17, 15) is 0 Å². The SMILES string of the molecule is Ic1cccc(-c2cccc(I)c2)c1. The van der Waals surface area contributed by atoms with Crippen molar-refractivity contribution in [3.8, 4) is 11.1 Å². The quantitative estimate of drug-likeness (QED) is 0.610.